The van der Waals surface area contributed by atoms with E-state index in [9.17, 15) is 9.18 Å². The molecule has 2 aromatic rings. The van der Waals surface area contributed by atoms with E-state index in [0.29, 0.717) is 36.8 Å². The number of halogens is 2. The van der Waals surface area contributed by atoms with E-state index in [0.717, 1.165) is 0 Å². The van der Waals surface area contributed by atoms with E-state index < -0.39 is 5.82 Å². The summed E-state index contributed by atoms with van der Waals surface area (Å²) in [7, 11) is 1.75. The first-order valence-corrected chi connectivity index (χ1v) is 7.82. The number of nitrogens with zero attached hydrogens (tertiary/aromatic N) is 3. The molecule has 8 heteroatoms. The third-order valence-corrected chi connectivity index (χ3v) is 4.08. The Hall–Kier alpha value is -2.25. The van der Waals surface area contributed by atoms with Gasteiger partial charge in [0.15, 0.2) is 0 Å². The predicted molar refractivity (Wildman–Crippen MR) is 87.6 cm³/mol. The van der Waals surface area contributed by atoms with Crippen LogP contribution in [-0.4, -0.2) is 47.5 Å². The lowest BCUT2D eigenvalue weighted by molar-refractivity contribution is -0.0245. The molecule has 0 spiro atoms. The zero-order chi connectivity index (χ0) is 17.1. The third-order valence-electron chi connectivity index (χ3n) is 3.79. The van der Waals surface area contributed by atoms with E-state index in [1.807, 2.05) is 0 Å². The quantitative estimate of drug-likeness (QED) is 0.921. The molecule has 0 bridgehead atoms. The predicted octanol–water partition coefficient (Wildman–Crippen LogP) is 2.52. The Labute approximate surface area is 143 Å². The molecule has 126 valence electrons. The van der Waals surface area contributed by atoms with Gasteiger partial charge in [0.05, 0.1) is 18.2 Å². The number of carbonyl (C=O) groups is 1. The maximum atomic E-state index is 13.3. The fourth-order valence-electron chi connectivity index (χ4n) is 2.59. The maximum absolute atomic E-state index is 13.3. The summed E-state index contributed by atoms with van der Waals surface area (Å²) in [6.45, 7) is 1.16. The van der Waals surface area contributed by atoms with E-state index in [1.165, 1.54) is 18.2 Å². The highest BCUT2D eigenvalue weighted by molar-refractivity contribution is 6.31. The molecule has 0 aliphatic carbocycles. The number of carbonyl (C=O) groups excluding carboxylic acids is 1. The molecule has 0 radical (unpaired) electrons. The lowest BCUT2D eigenvalue weighted by Gasteiger charge is -2.33. The van der Waals surface area contributed by atoms with E-state index >= 15 is 0 Å². The lowest BCUT2D eigenvalue weighted by atomic mass is 10.1. The molecular formula is C16H16ClFN4O2. The van der Waals surface area contributed by atoms with Crippen molar-refractivity contribution < 1.29 is 13.9 Å². The van der Waals surface area contributed by atoms with Crippen molar-refractivity contribution in [3.8, 4) is 0 Å². The van der Waals surface area contributed by atoms with Gasteiger partial charge in [-0.05, 0) is 18.2 Å². The van der Waals surface area contributed by atoms with Crippen LogP contribution in [0.5, 0.6) is 0 Å². The Balaban J connectivity index is 1.80. The first-order chi connectivity index (χ1) is 11.6. The second kappa shape index (κ2) is 7.11. The molecule has 3 rings (SSSR count). The number of morpholine rings is 1. The van der Waals surface area contributed by atoms with Crippen LogP contribution >= 0.6 is 11.6 Å². The molecule has 1 aliphatic heterocycles. The Morgan fingerprint density at radius 3 is 2.96 bits per heavy atom. The molecule has 2 heterocycles. The van der Waals surface area contributed by atoms with Crippen molar-refractivity contribution in [3.63, 3.8) is 0 Å². The monoisotopic (exact) mass is 350 g/mol. The van der Waals surface area contributed by atoms with Gasteiger partial charge in [-0.25, -0.2) is 9.37 Å². The topological polar surface area (TPSA) is 67.4 Å². The van der Waals surface area contributed by atoms with Crippen LogP contribution in [0.3, 0.4) is 0 Å². The van der Waals surface area contributed by atoms with E-state index in [-0.39, 0.29) is 17.0 Å². The number of nitrogens with one attached hydrogen (secondary N) is 1. The zero-order valence-electron chi connectivity index (χ0n) is 13.0. The zero-order valence-corrected chi connectivity index (χ0v) is 13.8. The van der Waals surface area contributed by atoms with Gasteiger partial charge in [-0.2, -0.15) is 0 Å². The van der Waals surface area contributed by atoms with E-state index in [1.54, 1.807) is 24.3 Å². The van der Waals surface area contributed by atoms with Gasteiger partial charge in [-0.1, -0.05) is 11.6 Å². The highest BCUT2D eigenvalue weighted by atomic mass is 35.5. The SMILES string of the molecule is CNc1nccnc1C1CN(C(=O)c2ccc(F)c(Cl)c2)CCO1. The van der Waals surface area contributed by atoms with Gasteiger partial charge in [0.25, 0.3) is 5.91 Å². The number of amides is 1. The van der Waals surface area contributed by atoms with Gasteiger partial charge in [0, 0.05) is 31.5 Å². The molecule has 1 aromatic carbocycles. The first kappa shape index (κ1) is 16.6. The fraction of sp³-hybridized carbons (Fsp3) is 0.312. The second-order valence-electron chi connectivity index (χ2n) is 5.28. The highest BCUT2D eigenvalue weighted by Crippen LogP contribution is 2.26. The average Bonchev–Trinajstić information content (AvgIpc) is 2.63. The van der Waals surface area contributed by atoms with Gasteiger partial charge in [-0.15, -0.1) is 0 Å². The Morgan fingerprint density at radius 2 is 2.21 bits per heavy atom. The highest BCUT2D eigenvalue weighted by Gasteiger charge is 2.29. The summed E-state index contributed by atoms with van der Waals surface area (Å²) in [6.07, 6.45) is 2.79. The number of benzene rings is 1. The third kappa shape index (κ3) is 3.32. The minimum Gasteiger partial charge on any atom is -0.372 e. The molecule has 1 aromatic heterocycles. The van der Waals surface area contributed by atoms with Crippen molar-refractivity contribution in [2.75, 3.05) is 32.1 Å². The second-order valence-corrected chi connectivity index (χ2v) is 5.69. The molecule has 1 fully saturated rings. The molecule has 1 aliphatic rings. The minimum absolute atomic E-state index is 0.0722. The summed E-state index contributed by atoms with van der Waals surface area (Å²) in [5, 5.41) is 2.89. The summed E-state index contributed by atoms with van der Waals surface area (Å²) in [5.41, 5.74) is 0.990. The van der Waals surface area contributed by atoms with Crippen LogP contribution in [0.1, 0.15) is 22.2 Å². The molecule has 1 N–H and O–H groups in total. The van der Waals surface area contributed by atoms with Gasteiger partial charge >= 0.3 is 0 Å². The van der Waals surface area contributed by atoms with Crippen LogP contribution in [0.2, 0.25) is 5.02 Å². The lowest BCUT2D eigenvalue weighted by Crippen LogP contribution is -2.42. The number of anilines is 1. The van der Waals surface area contributed by atoms with Crippen LogP contribution in [0.15, 0.2) is 30.6 Å². The normalized spacial score (nSPS) is 17.6. The maximum Gasteiger partial charge on any atom is 0.254 e. The molecule has 6 nitrogen and oxygen atoms in total. The number of hydrogen-bond acceptors (Lipinski definition) is 5. The van der Waals surface area contributed by atoms with Gasteiger partial charge in [0.1, 0.15) is 23.4 Å². The summed E-state index contributed by atoms with van der Waals surface area (Å²) in [6, 6.07) is 3.95. The number of hydrogen-bond donors (Lipinski definition) is 1. The van der Waals surface area contributed by atoms with Crippen molar-refractivity contribution in [2.45, 2.75) is 6.10 Å². The van der Waals surface area contributed by atoms with Gasteiger partial charge in [-0.3, -0.25) is 9.78 Å². The molecule has 24 heavy (non-hydrogen) atoms. The van der Waals surface area contributed by atoms with E-state index in [2.05, 4.69) is 15.3 Å². The fourth-order valence-corrected chi connectivity index (χ4v) is 2.77. The van der Waals surface area contributed by atoms with Crippen molar-refractivity contribution >= 4 is 23.3 Å². The Morgan fingerprint density at radius 1 is 1.42 bits per heavy atom. The van der Waals surface area contributed by atoms with Crippen molar-refractivity contribution in [1.82, 2.24) is 14.9 Å². The first-order valence-electron chi connectivity index (χ1n) is 7.44. The van der Waals surface area contributed by atoms with Gasteiger partial charge < -0.3 is 15.0 Å². The number of ether oxygens (including phenoxy) is 1. The Bertz CT molecular complexity index is 759. The average molecular weight is 351 g/mol. The summed E-state index contributed by atoms with van der Waals surface area (Å²) < 4.78 is 19.0. The summed E-state index contributed by atoms with van der Waals surface area (Å²) in [5.74, 6) is -0.159. The van der Waals surface area contributed by atoms with Crippen molar-refractivity contribution in [1.29, 1.82) is 0 Å². The van der Waals surface area contributed by atoms with Crippen LogP contribution in [0.25, 0.3) is 0 Å². The molecule has 1 unspecified atom stereocenters. The molecule has 0 saturated carbocycles. The molecule has 1 saturated heterocycles. The summed E-state index contributed by atoms with van der Waals surface area (Å²) >= 11 is 5.76. The number of rotatable bonds is 3. The van der Waals surface area contributed by atoms with Crippen LogP contribution in [0.4, 0.5) is 10.2 Å². The summed E-state index contributed by atoms with van der Waals surface area (Å²) in [4.78, 5) is 22.8. The standard InChI is InChI=1S/C16H16ClFN4O2/c1-19-15-14(20-4-5-21-15)13-9-22(6-7-24-13)16(23)10-2-3-12(18)11(17)8-10/h2-5,8,13H,6-7,9H2,1H3,(H,19,21). The van der Waals surface area contributed by atoms with Crippen molar-refractivity contribution in [3.05, 3.63) is 52.7 Å². The number of aromatic nitrogens is 2. The van der Waals surface area contributed by atoms with Crippen LogP contribution in [-0.2, 0) is 4.74 Å². The van der Waals surface area contributed by atoms with Gasteiger partial charge in [0.2, 0.25) is 0 Å². The molecule has 1 amide bonds. The van der Waals surface area contributed by atoms with Crippen LogP contribution in [0, 0.1) is 5.82 Å². The van der Waals surface area contributed by atoms with Crippen molar-refractivity contribution in [2.24, 2.45) is 0 Å². The van der Waals surface area contributed by atoms with Crippen LogP contribution < -0.4 is 5.32 Å². The Kier molecular flexibility index (Phi) is 4.92. The molecular weight excluding hydrogens is 335 g/mol. The van der Waals surface area contributed by atoms with E-state index in [4.69, 9.17) is 16.3 Å². The largest absolute Gasteiger partial charge is 0.372 e. The minimum atomic E-state index is -0.550. The molecule has 1 atom stereocenters. The smallest absolute Gasteiger partial charge is 0.254 e.